The van der Waals surface area contributed by atoms with E-state index in [0.29, 0.717) is 25.1 Å². The van der Waals surface area contributed by atoms with Gasteiger partial charge in [0.25, 0.3) is 5.91 Å². The Morgan fingerprint density at radius 3 is 2.70 bits per heavy atom. The van der Waals surface area contributed by atoms with Crippen LogP contribution in [0.5, 0.6) is 0 Å². The van der Waals surface area contributed by atoms with Crippen molar-refractivity contribution >= 4 is 11.9 Å². The highest BCUT2D eigenvalue weighted by atomic mass is 16.4. The molecule has 6 heteroatoms. The number of nitrogens with one attached hydrogen (secondary N) is 1. The number of H-pyrrole nitrogens is 1. The number of aryl methyl sites for hydroxylation is 1. The summed E-state index contributed by atoms with van der Waals surface area (Å²) in [6.07, 6.45) is 2.27. The maximum Gasteiger partial charge on any atom is 0.306 e. The molecule has 6 nitrogen and oxygen atoms in total. The van der Waals surface area contributed by atoms with Crippen LogP contribution in [0.1, 0.15) is 35.8 Å². The van der Waals surface area contributed by atoms with Crippen LogP contribution in [0.4, 0.5) is 0 Å². The summed E-state index contributed by atoms with van der Waals surface area (Å²) in [6, 6.07) is 1.21. The van der Waals surface area contributed by atoms with Gasteiger partial charge in [0.05, 0.1) is 5.92 Å². The number of piperidine rings is 1. The third kappa shape index (κ3) is 2.74. The van der Waals surface area contributed by atoms with Gasteiger partial charge in [-0.05, 0) is 26.7 Å². The Balaban J connectivity index is 2.18. The zero-order valence-corrected chi connectivity index (χ0v) is 11.5. The third-order valence-corrected chi connectivity index (χ3v) is 3.77. The molecule has 2 rings (SSSR count). The molecule has 0 aromatic carbocycles. The van der Waals surface area contributed by atoms with Crippen molar-refractivity contribution in [2.75, 3.05) is 6.54 Å². The van der Waals surface area contributed by atoms with Gasteiger partial charge in [0, 0.05) is 30.5 Å². The largest absolute Gasteiger partial charge is 0.481 e. The lowest BCUT2D eigenvalue weighted by molar-refractivity contribution is -0.143. The van der Waals surface area contributed by atoms with E-state index in [9.17, 15) is 14.4 Å². The smallest absolute Gasteiger partial charge is 0.306 e. The summed E-state index contributed by atoms with van der Waals surface area (Å²) in [7, 11) is 0. The highest BCUT2D eigenvalue weighted by Gasteiger charge is 2.33. The summed E-state index contributed by atoms with van der Waals surface area (Å²) < 4.78 is 0. The van der Waals surface area contributed by atoms with Crippen LogP contribution in [0, 0.1) is 12.8 Å². The number of rotatable bonds is 2. The van der Waals surface area contributed by atoms with Crippen molar-refractivity contribution < 1.29 is 14.7 Å². The Bertz CT molecular complexity index is 593. The normalized spacial score (nSPS) is 22.6. The highest BCUT2D eigenvalue weighted by Crippen LogP contribution is 2.24. The molecule has 1 saturated heterocycles. The van der Waals surface area contributed by atoms with Gasteiger partial charge in [-0.3, -0.25) is 14.4 Å². The number of pyridine rings is 1. The Hall–Kier alpha value is -2.11. The van der Waals surface area contributed by atoms with E-state index in [1.54, 1.807) is 11.8 Å². The van der Waals surface area contributed by atoms with Gasteiger partial charge in [0.1, 0.15) is 5.56 Å². The number of hydrogen-bond acceptors (Lipinski definition) is 3. The van der Waals surface area contributed by atoms with Gasteiger partial charge in [-0.1, -0.05) is 0 Å². The minimum Gasteiger partial charge on any atom is -0.481 e. The first-order valence-corrected chi connectivity index (χ1v) is 6.63. The fraction of sp³-hybridized carbons (Fsp3) is 0.500. The predicted octanol–water partition coefficient (Wildman–Crippen LogP) is 1.01. The summed E-state index contributed by atoms with van der Waals surface area (Å²) in [6.45, 7) is 3.93. The molecule has 1 aromatic rings. The molecule has 2 atom stereocenters. The molecule has 1 aliphatic heterocycles. The lowest BCUT2D eigenvalue weighted by Crippen LogP contribution is -2.47. The molecule has 108 valence electrons. The zero-order chi connectivity index (χ0) is 14.9. The molecule has 20 heavy (non-hydrogen) atoms. The van der Waals surface area contributed by atoms with E-state index in [4.69, 9.17) is 5.11 Å². The second-order valence-electron chi connectivity index (χ2n) is 5.30. The molecule has 1 aromatic heterocycles. The number of carbonyl (C=O) groups excluding carboxylic acids is 1. The number of hydrogen-bond donors (Lipinski definition) is 2. The van der Waals surface area contributed by atoms with Gasteiger partial charge in [0.2, 0.25) is 0 Å². The second kappa shape index (κ2) is 5.48. The van der Waals surface area contributed by atoms with E-state index in [2.05, 4.69) is 4.98 Å². The number of nitrogens with zero attached hydrogens (tertiary/aromatic N) is 1. The van der Waals surface area contributed by atoms with Crippen LogP contribution >= 0.6 is 0 Å². The SMILES string of the molecule is Cc1cc(=O)c(C(=O)N2CCC(C(=O)O)CC2C)c[nH]1. The quantitative estimate of drug-likeness (QED) is 0.844. The van der Waals surface area contributed by atoms with Gasteiger partial charge in [-0.25, -0.2) is 0 Å². The van der Waals surface area contributed by atoms with Crippen molar-refractivity contribution in [1.29, 1.82) is 0 Å². The maximum atomic E-state index is 12.4. The van der Waals surface area contributed by atoms with Crippen molar-refractivity contribution in [2.45, 2.75) is 32.7 Å². The molecule has 0 aliphatic carbocycles. The molecule has 1 fully saturated rings. The number of amides is 1. The highest BCUT2D eigenvalue weighted by molar-refractivity contribution is 5.94. The maximum absolute atomic E-state index is 12.4. The third-order valence-electron chi connectivity index (χ3n) is 3.77. The first-order valence-electron chi connectivity index (χ1n) is 6.63. The number of aliphatic carboxylic acids is 1. The molecular formula is C14H18N2O4. The number of aromatic amines is 1. The van der Waals surface area contributed by atoms with Crippen LogP contribution in [0.25, 0.3) is 0 Å². The molecule has 0 saturated carbocycles. The molecule has 2 unspecified atom stereocenters. The van der Waals surface area contributed by atoms with E-state index in [0.717, 1.165) is 0 Å². The summed E-state index contributed by atoms with van der Waals surface area (Å²) in [4.78, 5) is 39.6. The molecule has 2 N–H and O–H groups in total. The molecular weight excluding hydrogens is 260 g/mol. The average molecular weight is 278 g/mol. The number of likely N-dealkylation sites (tertiary alicyclic amines) is 1. The van der Waals surface area contributed by atoms with Crippen molar-refractivity contribution in [2.24, 2.45) is 5.92 Å². The minimum atomic E-state index is -0.822. The van der Waals surface area contributed by atoms with Crippen LogP contribution in [0.2, 0.25) is 0 Å². The standard InChI is InChI=1S/C14H18N2O4/c1-8-5-12(17)11(7-15-8)13(18)16-4-3-10(14(19)20)6-9(16)2/h5,7,9-10H,3-4,6H2,1-2H3,(H,15,17)(H,19,20). The Morgan fingerprint density at radius 1 is 1.45 bits per heavy atom. The van der Waals surface area contributed by atoms with Gasteiger partial charge >= 0.3 is 5.97 Å². The van der Waals surface area contributed by atoms with Gasteiger partial charge in [-0.2, -0.15) is 0 Å². The zero-order valence-electron chi connectivity index (χ0n) is 11.5. The molecule has 0 spiro atoms. The van der Waals surface area contributed by atoms with Crippen LogP contribution in [-0.2, 0) is 4.79 Å². The summed E-state index contributed by atoms with van der Waals surface area (Å²) in [5, 5.41) is 9.01. The molecule has 2 heterocycles. The number of aromatic nitrogens is 1. The monoisotopic (exact) mass is 278 g/mol. The fourth-order valence-corrected chi connectivity index (χ4v) is 2.59. The van der Waals surface area contributed by atoms with E-state index in [1.807, 2.05) is 6.92 Å². The summed E-state index contributed by atoms with van der Waals surface area (Å²) in [5.74, 6) is -1.56. The average Bonchev–Trinajstić information content (AvgIpc) is 2.37. The number of carboxylic acid groups (broad SMARTS) is 1. The lowest BCUT2D eigenvalue weighted by atomic mass is 9.91. The Labute approximate surface area is 116 Å². The van der Waals surface area contributed by atoms with E-state index in [-0.39, 0.29) is 22.9 Å². The topological polar surface area (TPSA) is 90.5 Å². The van der Waals surface area contributed by atoms with E-state index in [1.165, 1.54) is 12.3 Å². The van der Waals surface area contributed by atoms with Crippen molar-refractivity contribution in [3.63, 3.8) is 0 Å². The Morgan fingerprint density at radius 2 is 2.15 bits per heavy atom. The number of carboxylic acids is 1. The molecule has 1 aliphatic rings. The predicted molar refractivity (Wildman–Crippen MR) is 72.7 cm³/mol. The van der Waals surface area contributed by atoms with Gasteiger partial charge in [-0.15, -0.1) is 0 Å². The van der Waals surface area contributed by atoms with Crippen LogP contribution in [-0.4, -0.2) is 39.5 Å². The van der Waals surface area contributed by atoms with Crippen molar-refractivity contribution in [1.82, 2.24) is 9.88 Å². The molecule has 0 radical (unpaired) electrons. The van der Waals surface area contributed by atoms with Crippen molar-refractivity contribution in [3.8, 4) is 0 Å². The second-order valence-corrected chi connectivity index (χ2v) is 5.30. The van der Waals surface area contributed by atoms with Crippen LogP contribution in [0.3, 0.4) is 0 Å². The first kappa shape index (κ1) is 14.3. The fourth-order valence-electron chi connectivity index (χ4n) is 2.59. The van der Waals surface area contributed by atoms with Crippen LogP contribution in [0.15, 0.2) is 17.1 Å². The molecule has 1 amide bonds. The van der Waals surface area contributed by atoms with Crippen molar-refractivity contribution in [3.05, 3.63) is 33.7 Å². The Kier molecular flexibility index (Phi) is 3.92. The van der Waals surface area contributed by atoms with Crippen LogP contribution < -0.4 is 5.43 Å². The first-order chi connectivity index (χ1) is 9.40. The summed E-state index contributed by atoms with van der Waals surface area (Å²) >= 11 is 0. The lowest BCUT2D eigenvalue weighted by Gasteiger charge is -2.36. The number of carbonyl (C=O) groups is 2. The van der Waals surface area contributed by atoms with Gasteiger partial charge < -0.3 is 15.0 Å². The summed E-state index contributed by atoms with van der Waals surface area (Å²) in [5.41, 5.74) is 0.499. The molecule has 0 bridgehead atoms. The van der Waals surface area contributed by atoms with Gasteiger partial charge in [0.15, 0.2) is 5.43 Å². The van der Waals surface area contributed by atoms with E-state index < -0.39 is 11.9 Å². The minimum absolute atomic E-state index is 0.108. The van der Waals surface area contributed by atoms with E-state index >= 15 is 0 Å².